The summed E-state index contributed by atoms with van der Waals surface area (Å²) in [6.07, 6.45) is 3.69. The molecular weight excluding hydrogens is 386 g/mol. The Hall–Kier alpha value is -2.47. The Morgan fingerprint density at radius 2 is 1.52 bits per heavy atom. The van der Waals surface area contributed by atoms with Crippen LogP contribution in [0.2, 0.25) is 0 Å². The van der Waals surface area contributed by atoms with E-state index in [2.05, 4.69) is 4.90 Å². The van der Waals surface area contributed by atoms with E-state index in [4.69, 9.17) is 31.2 Å². The summed E-state index contributed by atoms with van der Waals surface area (Å²) in [5.74, 6) is 2.81. The number of methoxy groups -OCH3 is 1. The minimum Gasteiger partial charge on any atom is -0.493 e. The van der Waals surface area contributed by atoms with Crippen molar-refractivity contribution >= 4 is 17.2 Å². The van der Waals surface area contributed by atoms with Crippen LogP contribution in [0.1, 0.15) is 31.7 Å². The smallest absolute Gasteiger partial charge is 0.161 e. The Labute approximate surface area is 178 Å². The van der Waals surface area contributed by atoms with Gasteiger partial charge in [0, 0.05) is 18.7 Å². The molecule has 6 heteroatoms. The summed E-state index contributed by atoms with van der Waals surface area (Å²) in [5, 5.41) is 0. The summed E-state index contributed by atoms with van der Waals surface area (Å²) in [5.41, 5.74) is 1.00. The molecule has 0 aliphatic carbocycles. The molecule has 1 aliphatic heterocycles. The summed E-state index contributed by atoms with van der Waals surface area (Å²) in [4.78, 5) is 3.17. The first-order chi connectivity index (χ1) is 14.2. The maximum atomic E-state index is 5.92. The minimum absolute atomic E-state index is 0.397. The van der Waals surface area contributed by atoms with Crippen molar-refractivity contribution in [3.05, 3.63) is 48.0 Å². The van der Waals surface area contributed by atoms with Crippen molar-refractivity contribution < 1.29 is 18.9 Å². The highest BCUT2D eigenvalue weighted by atomic mass is 32.1. The number of ether oxygens (including phenoxy) is 4. The fourth-order valence-corrected chi connectivity index (χ4v) is 3.66. The van der Waals surface area contributed by atoms with Gasteiger partial charge < -0.3 is 23.8 Å². The number of hydrogen-bond donors (Lipinski definition) is 0. The molecule has 1 heterocycles. The van der Waals surface area contributed by atoms with Gasteiger partial charge in [-0.2, -0.15) is 0 Å². The van der Waals surface area contributed by atoms with E-state index in [9.17, 15) is 0 Å². The maximum Gasteiger partial charge on any atom is 0.161 e. The zero-order valence-corrected chi connectivity index (χ0v) is 18.0. The maximum absolute atomic E-state index is 5.92. The molecule has 0 spiro atoms. The van der Waals surface area contributed by atoms with Crippen LogP contribution in [0.5, 0.6) is 23.0 Å². The Morgan fingerprint density at radius 1 is 0.862 bits per heavy atom. The zero-order chi connectivity index (χ0) is 20.5. The van der Waals surface area contributed by atoms with Crippen molar-refractivity contribution in [2.24, 2.45) is 0 Å². The average Bonchev–Trinajstić information content (AvgIpc) is 2.78. The van der Waals surface area contributed by atoms with Gasteiger partial charge in [-0.25, -0.2) is 0 Å². The van der Waals surface area contributed by atoms with Crippen LogP contribution in [0.15, 0.2) is 42.5 Å². The molecule has 1 aliphatic rings. The summed E-state index contributed by atoms with van der Waals surface area (Å²) in [7, 11) is 1.63. The second-order valence-electron chi connectivity index (χ2n) is 6.80. The lowest BCUT2D eigenvalue weighted by molar-refractivity contribution is 0.203. The van der Waals surface area contributed by atoms with Crippen molar-refractivity contribution in [2.45, 2.75) is 26.2 Å². The lowest BCUT2D eigenvalue weighted by atomic mass is 10.1. The van der Waals surface area contributed by atoms with Gasteiger partial charge in [0.1, 0.15) is 18.2 Å². The molecular formula is C23H29NO4S. The van der Waals surface area contributed by atoms with Gasteiger partial charge in [-0.15, -0.1) is 0 Å². The van der Waals surface area contributed by atoms with Gasteiger partial charge >= 0.3 is 0 Å². The van der Waals surface area contributed by atoms with Crippen molar-refractivity contribution in [1.29, 1.82) is 0 Å². The first kappa shape index (κ1) is 21.2. The van der Waals surface area contributed by atoms with Gasteiger partial charge in [0.05, 0.1) is 13.7 Å². The first-order valence-electron chi connectivity index (χ1n) is 10.2. The van der Waals surface area contributed by atoms with Crippen LogP contribution in [-0.2, 0) is 0 Å². The summed E-state index contributed by atoms with van der Waals surface area (Å²) in [6.45, 7) is 5.38. The van der Waals surface area contributed by atoms with E-state index >= 15 is 0 Å². The van der Waals surface area contributed by atoms with Crippen LogP contribution in [0.25, 0.3) is 0 Å². The highest BCUT2D eigenvalue weighted by Gasteiger charge is 2.17. The van der Waals surface area contributed by atoms with Crippen LogP contribution < -0.4 is 18.9 Å². The number of piperidine rings is 1. The molecule has 1 fully saturated rings. The lowest BCUT2D eigenvalue weighted by Crippen LogP contribution is -2.34. The van der Waals surface area contributed by atoms with E-state index in [0.29, 0.717) is 42.8 Å². The highest BCUT2D eigenvalue weighted by Crippen LogP contribution is 2.30. The molecule has 0 bridgehead atoms. The Kier molecular flexibility index (Phi) is 7.99. The van der Waals surface area contributed by atoms with Crippen molar-refractivity contribution in [2.75, 3.05) is 40.0 Å². The summed E-state index contributed by atoms with van der Waals surface area (Å²) in [6, 6.07) is 13.5. The van der Waals surface area contributed by atoms with Gasteiger partial charge in [-0.05, 0) is 56.5 Å². The van der Waals surface area contributed by atoms with Crippen LogP contribution in [-0.4, -0.2) is 49.9 Å². The van der Waals surface area contributed by atoms with Gasteiger partial charge in [-0.3, -0.25) is 0 Å². The number of likely N-dealkylation sites (tertiary alicyclic amines) is 1. The fraction of sp³-hybridized carbons (Fsp3) is 0.435. The second kappa shape index (κ2) is 10.9. The van der Waals surface area contributed by atoms with E-state index in [-0.39, 0.29) is 0 Å². The van der Waals surface area contributed by atoms with Gasteiger partial charge in [-0.1, -0.05) is 24.4 Å². The summed E-state index contributed by atoms with van der Waals surface area (Å²) >= 11 is 5.71. The number of rotatable bonds is 9. The normalized spacial score (nSPS) is 13.7. The topological polar surface area (TPSA) is 40.2 Å². The number of thiocarbonyl (C=S) groups is 1. The fourth-order valence-electron chi connectivity index (χ4n) is 3.35. The Morgan fingerprint density at radius 3 is 2.17 bits per heavy atom. The molecule has 0 unspecified atom stereocenters. The molecule has 2 aromatic carbocycles. The van der Waals surface area contributed by atoms with E-state index in [1.165, 1.54) is 19.3 Å². The third-order valence-corrected chi connectivity index (χ3v) is 5.30. The molecule has 0 radical (unpaired) electrons. The van der Waals surface area contributed by atoms with Crippen molar-refractivity contribution in [3.8, 4) is 23.0 Å². The molecule has 29 heavy (non-hydrogen) atoms. The van der Waals surface area contributed by atoms with Gasteiger partial charge in [0.15, 0.2) is 23.0 Å². The number of para-hydroxylation sites is 2. The minimum atomic E-state index is 0.397. The second-order valence-corrected chi connectivity index (χ2v) is 7.18. The highest BCUT2D eigenvalue weighted by molar-refractivity contribution is 7.80. The molecule has 0 atom stereocenters. The Bertz CT molecular complexity index is 805. The summed E-state index contributed by atoms with van der Waals surface area (Å²) < 4.78 is 22.8. The van der Waals surface area contributed by atoms with Gasteiger partial charge in [0.25, 0.3) is 0 Å². The molecule has 3 rings (SSSR count). The predicted octanol–water partition coefficient (Wildman–Crippen LogP) is 4.71. The van der Waals surface area contributed by atoms with Crippen LogP contribution in [0.3, 0.4) is 0 Å². The van der Waals surface area contributed by atoms with Gasteiger partial charge in [0.2, 0.25) is 0 Å². The third-order valence-electron chi connectivity index (χ3n) is 4.80. The predicted molar refractivity (Wildman–Crippen MR) is 119 cm³/mol. The standard InChI is InChI=1S/C23H29NO4S/c1-3-26-22-17-18(23(29)24-13-7-4-8-14-24)11-12-21(22)28-16-15-27-20-10-6-5-9-19(20)25-2/h5-6,9-12,17H,3-4,7-8,13-16H2,1-2H3. The molecule has 1 saturated heterocycles. The molecule has 156 valence electrons. The molecule has 5 nitrogen and oxygen atoms in total. The number of hydrogen-bond acceptors (Lipinski definition) is 5. The third kappa shape index (κ3) is 5.76. The van der Waals surface area contributed by atoms with Crippen LogP contribution in [0.4, 0.5) is 0 Å². The van der Waals surface area contributed by atoms with E-state index in [1.807, 2.05) is 49.4 Å². The SMILES string of the molecule is CCOc1cc(C(=S)N2CCCCC2)ccc1OCCOc1ccccc1OC. The zero-order valence-electron chi connectivity index (χ0n) is 17.2. The van der Waals surface area contributed by atoms with Crippen molar-refractivity contribution in [3.63, 3.8) is 0 Å². The van der Waals surface area contributed by atoms with Crippen LogP contribution in [0, 0.1) is 0 Å². The Balaban J connectivity index is 1.60. The van der Waals surface area contributed by atoms with E-state index in [1.54, 1.807) is 7.11 Å². The van der Waals surface area contributed by atoms with E-state index < -0.39 is 0 Å². The molecule has 0 N–H and O–H groups in total. The molecule has 0 amide bonds. The van der Waals surface area contributed by atoms with E-state index in [0.717, 1.165) is 23.6 Å². The molecule has 2 aromatic rings. The quantitative estimate of drug-likeness (QED) is 0.436. The number of nitrogens with zero attached hydrogens (tertiary/aromatic N) is 1. The van der Waals surface area contributed by atoms with Crippen LogP contribution >= 0.6 is 12.2 Å². The monoisotopic (exact) mass is 415 g/mol. The molecule has 0 aromatic heterocycles. The van der Waals surface area contributed by atoms with Crippen molar-refractivity contribution in [1.82, 2.24) is 4.90 Å². The number of benzene rings is 2. The molecule has 0 saturated carbocycles. The average molecular weight is 416 g/mol. The lowest BCUT2D eigenvalue weighted by Gasteiger charge is -2.29. The largest absolute Gasteiger partial charge is 0.493 e. The first-order valence-corrected chi connectivity index (χ1v) is 10.6.